The van der Waals surface area contributed by atoms with Crippen LogP contribution in [0.5, 0.6) is 0 Å². The molecule has 0 atom stereocenters. The monoisotopic (exact) mass is 245 g/mol. The summed E-state index contributed by atoms with van der Waals surface area (Å²) < 4.78 is 4.38. The van der Waals surface area contributed by atoms with Gasteiger partial charge in [-0.3, -0.25) is 5.10 Å². The van der Waals surface area contributed by atoms with E-state index in [-0.39, 0.29) is 0 Å². The van der Waals surface area contributed by atoms with E-state index in [0.29, 0.717) is 0 Å². The molecule has 0 radical (unpaired) electrons. The maximum atomic E-state index is 4.38. The normalized spacial score (nSPS) is 10.8. The summed E-state index contributed by atoms with van der Waals surface area (Å²) in [6, 6.07) is 8.13. The van der Waals surface area contributed by atoms with Crippen LogP contribution in [0.15, 0.2) is 30.6 Å². The van der Waals surface area contributed by atoms with Gasteiger partial charge in [-0.2, -0.15) is 9.47 Å². The molecule has 2 N–H and O–H groups in total. The molecule has 17 heavy (non-hydrogen) atoms. The molecule has 5 nitrogen and oxygen atoms in total. The lowest BCUT2D eigenvalue weighted by molar-refractivity contribution is 0.903. The number of aromatic amines is 1. The minimum Gasteiger partial charge on any atom is -0.375 e. The Labute approximate surface area is 102 Å². The average molecular weight is 245 g/mol. The van der Waals surface area contributed by atoms with E-state index in [1.807, 2.05) is 18.2 Å². The number of rotatable bonds is 4. The summed E-state index contributed by atoms with van der Waals surface area (Å²) in [7, 11) is 0. The smallest absolute Gasteiger partial charge is 0.137 e. The van der Waals surface area contributed by atoms with Gasteiger partial charge in [0.1, 0.15) is 17.2 Å². The van der Waals surface area contributed by atoms with Crippen LogP contribution in [0.4, 0.5) is 5.00 Å². The van der Waals surface area contributed by atoms with Crippen LogP contribution in [0.1, 0.15) is 5.82 Å². The molecule has 0 unspecified atom stereocenters. The van der Waals surface area contributed by atoms with E-state index >= 15 is 0 Å². The van der Waals surface area contributed by atoms with E-state index in [9.17, 15) is 0 Å². The Morgan fingerprint density at radius 3 is 3.12 bits per heavy atom. The molecular formula is C11H11N5S. The third-order valence-corrected chi connectivity index (χ3v) is 3.33. The molecule has 0 aliphatic carbocycles. The number of aromatic nitrogens is 4. The van der Waals surface area contributed by atoms with Crippen molar-refractivity contribution in [3.63, 3.8) is 0 Å². The predicted octanol–water partition coefficient (Wildman–Crippen LogP) is 2.07. The Kier molecular flexibility index (Phi) is 2.71. The van der Waals surface area contributed by atoms with Crippen LogP contribution < -0.4 is 5.32 Å². The number of H-pyrrole nitrogens is 1. The standard InChI is InChI=1S/C11H11N5S/c1-2-4-9-8(3-1)11(17-16-9)12-6-5-10-13-7-14-15-10/h1-4,7,12H,5-6H2,(H,13,14,15). The van der Waals surface area contributed by atoms with Crippen molar-refractivity contribution in [1.29, 1.82) is 0 Å². The zero-order valence-corrected chi connectivity index (χ0v) is 9.87. The van der Waals surface area contributed by atoms with Gasteiger partial charge in [0.15, 0.2) is 0 Å². The van der Waals surface area contributed by atoms with Crippen molar-refractivity contribution in [3.8, 4) is 0 Å². The summed E-state index contributed by atoms with van der Waals surface area (Å²) in [6.07, 6.45) is 2.35. The van der Waals surface area contributed by atoms with Gasteiger partial charge in [0, 0.05) is 18.4 Å². The van der Waals surface area contributed by atoms with Crippen LogP contribution in [0.2, 0.25) is 0 Å². The predicted molar refractivity (Wildman–Crippen MR) is 68.2 cm³/mol. The van der Waals surface area contributed by atoms with E-state index in [4.69, 9.17) is 0 Å². The minimum atomic E-state index is 0.821. The summed E-state index contributed by atoms with van der Waals surface area (Å²) >= 11 is 1.49. The van der Waals surface area contributed by atoms with E-state index in [2.05, 4.69) is 30.9 Å². The zero-order valence-electron chi connectivity index (χ0n) is 9.05. The molecule has 0 fully saturated rings. The Bertz CT molecular complexity index is 601. The summed E-state index contributed by atoms with van der Waals surface area (Å²) in [5, 5.41) is 12.3. The summed E-state index contributed by atoms with van der Waals surface area (Å²) in [5.74, 6) is 0.895. The molecule has 2 heterocycles. The number of anilines is 1. The van der Waals surface area contributed by atoms with Crippen molar-refractivity contribution in [2.24, 2.45) is 0 Å². The molecular weight excluding hydrogens is 234 g/mol. The van der Waals surface area contributed by atoms with E-state index < -0.39 is 0 Å². The van der Waals surface area contributed by atoms with Gasteiger partial charge in [-0.1, -0.05) is 12.1 Å². The first-order valence-electron chi connectivity index (χ1n) is 5.36. The van der Waals surface area contributed by atoms with Crippen molar-refractivity contribution in [2.75, 3.05) is 11.9 Å². The van der Waals surface area contributed by atoms with E-state index in [0.717, 1.165) is 29.3 Å². The Hall–Kier alpha value is -1.95. The van der Waals surface area contributed by atoms with Crippen LogP contribution in [0.25, 0.3) is 10.9 Å². The SMILES string of the molecule is c1ccc2c(NCCc3ncn[nH]3)snc2c1. The second kappa shape index (κ2) is 4.50. The highest BCUT2D eigenvalue weighted by atomic mass is 32.1. The van der Waals surface area contributed by atoms with E-state index in [1.54, 1.807) is 0 Å². The average Bonchev–Trinajstić information content (AvgIpc) is 2.99. The molecule has 1 aromatic carbocycles. The van der Waals surface area contributed by atoms with Gasteiger partial charge in [-0.25, -0.2) is 4.98 Å². The van der Waals surface area contributed by atoms with Crippen molar-refractivity contribution in [1.82, 2.24) is 19.6 Å². The molecule has 6 heteroatoms. The molecule has 3 rings (SSSR count). The topological polar surface area (TPSA) is 66.5 Å². The third kappa shape index (κ3) is 2.12. The lowest BCUT2D eigenvalue weighted by Crippen LogP contribution is -2.04. The summed E-state index contributed by atoms with van der Waals surface area (Å²) in [5.41, 5.74) is 1.04. The highest BCUT2D eigenvalue weighted by Gasteiger charge is 2.04. The van der Waals surface area contributed by atoms with Gasteiger partial charge in [0.2, 0.25) is 0 Å². The first kappa shape index (κ1) is 10.2. The number of fused-ring (bicyclic) bond motifs is 1. The van der Waals surface area contributed by atoms with Crippen LogP contribution >= 0.6 is 11.5 Å². The molecule has 0 aliphatic heterocycles. The molecule has 0 saturated heterocycles. The maximum absolute atomic E-state index is 4.38. The van der Waals surface area contributed by atoms with Crippen LogP contribution in [-0.2, 0) is 6.42 Å². The van der Waals surface area contributed by atoms with Gasteiger partial charge >= 0.3 is 0 Å². The number of nitrogens with one attached hydrogen (secondary N) is 2. The lowest BCUT2D eigenvalue weighted by atomic mass is 10.2. The molecule has 0 aliphatic rings. The number of nitrogens with zero attached hydrogens (tertiary/aromatic N) is 3. The number of benzene rings is 1. The molecule has 0 spiro atoms. The fourth-order valence-electron chi connectivity index (χ4n) is 1.66. The third-order valence-electron chi connectivity index (χ3n) is 2.50. The molecule has 0 bridgehead atoms. The Morgan fingerprint density at radius 1 is 1.29 bits per heavy atom. The largest absolute Gasteiger partial charge is 0.375 e. The quantitative estimate of drug-likeness (QED) is 0.738. The van der Waals surface area contributed by atoms with Crippen LogP contribution in [-0.4, -0.2) is 26.1 Å². The molecule has 0 saturated carbocycles. The van der Waals surface area contributed by atoms with Crippen molar-refractivity contribution in [3.05, 3.63) is 36.4 Å². The maximum Gasteiger partial charge on any atom is 0.137 e. The van der Waals surface area contributed by atoms with Gasteiger partial charge < -0.3 is 5.32 Å². The van der Waals surface area contributed by atoms with Crippen molar-refractivity contribution >= 4 is 27.4 Å². The van der Waals surface area contributed by atoms with Gasteiger partial charge in [0.05, 0.1) is 5.52 Å². The molecule has 86 valence electrons. The number of hydrogen-bond acceptors (Lipinski definition) is 5. The lowest BCUT2D eigenvalue weighted by Gasteiger charge is -2.01. The highest BCUT2D eigenvalue weighted by Crippen LogP contribution is 2.26. The van der Waals surface area contributed by atoms with Crippen LogP contribution in [0.3, 0.4) is 0 Å². The Balaban J connectivity index is 1.69. The van der Waals surface area contributed by atoms with Crippen molar-refractivity contribution < 1.29 is 0 Å². The molecule has 3 aromatic rings. The summed E-state index contributed by atoms with van der Waals surface area (Å²) in [4.78, 5) is 4.08. The molecule has 2 aromatic heterocycles. The molecule has 0 amide bonds. The second-order valence-electron chi connectivity index (χ2n) is 3.64. The Morgan fingerprint density at radius 2 is 2.24 bits per heavy atom. The van der Waals surface area contributed by atoms with Crippen LogP contribution in [0, 0.1) is 0 Å². The second-order valence-corrected chi connectivity index (χ2v) is 4.41. The fraction of sp³-hybridized carbons (Fsp3) is 0.182. The minimum absolute atomic E-state index is 0.821. The highest BCUT2D eigenvalue weighted by molar-refractivity contribution is 7.11. The van der Waals surface area contributed by atoms with Crippen molar-refractivity contribution in [2.45, 2.75) is 6.42 Å². The van der Waals surface area contributed by atoms with E-state index in [1.165, 1.54) is 23.2 Å². The zero-order chi connectivity index (χ0) is 11.5. The summed E-state index contributed by atoms with van der Waals surface area (Å²) in [6.45, 7) is 0.821. The fourth-order valence-corrected chi connectivity index (χ4v) is 2.45. The first-order chi connectivity index (χ1) is 8.43. The first-order valence-corrected chi connectivity index (χ1v) is 6.13. The van der Waals surface area contributed by atoms with Gasteiger partial charge in [0.25, 0.3) is 0 Å². The number of hydrogen-bond donors (Lipinski definition) is 2. The van der Waals surface area contributed by atoms with Gasteiger partial charge in [-0.05, 0) is 23.7 Å². The van der Waals surface area contributed by atoms with Gasteiger partial charge in [-0.15, -0.1) is 0 Å².